The van der Waals surface area contributed by atoms with Crippen molar-refractivity contribution in [2.45, 2.75) is 12.8 Å². The summed E-state index contributed by atoms with van der Waals surface area (Å²) in [5, 5.41) is 9.53. The Kier molecular flexibility index (Phi) is 5.16. The highest BCUT2D eigenvalue weighted by atomic mass is 35.5. The van der Waals surface area contributed by atoms with Crippen LogP contribution in [-0.4, -0.2) is 22.9 Å². The molecule has 0 heterocycles. The van der Waals surface area contributed by atoms with Crippen molar-refractivity contribution in [1.82, 2.24) is 10.9 Å². The number of carboxylic acid groups (broad SMARTS) is 1. The predicted octanol–water partition coefficient (Wildman–Crippen LogP) is 1.77. The van der Waals surface area contributed by atoms with Crippen LogP contribution in [0.4, 0.5) is 0 Å². The van der Waals surface area contributed by atoms with Crippen LogP contribution in [0.3, 0.4) is 0 Å². The van der Waals surface area contributed by atoms with Crippen LogP contribution in [0.5, 0.6) is 0 Å². The molecule has 0 spiro atoms. The Morgan fingerprint density at radius 2 is 1.77 bits per heavy atom. The van der Waals surface area contributed by atoms with Crippen LogP contribution < -0.4 is 10.9 Å². The minimum Gasteiger partial charge on any atom is -0.481 e. The number of allylic oxidation sites excluding steroid dienone is 2. The fourth-order valence-electron chi connectivity index (χ4n) is 2.29. The van der Waals surface area contributed by atoms with Gasteiger partial charge in [0.2, 0.25) is 5.91 Å². The molecular weight excluding hydrogens is 308 g/mol. The number of amides is 2. The summed E-state index contributed by atoms with van der Waals surface area (Å²) in [6, 6.07) is 6.26. The van der Waals surface area contributed by atoms with E-state index in [1.807, 2.05) is 0 Å². The summed E-state index contributed by atoms with van der Waals surface area (Å²) in [6.07, 6.45) is 4.14. The van der Waals surface area contributed by atoms with E-state index in [2.05, 4.69) is 10.9 Å². The van der Waals surface area contributed by atoms with E-state index in [4.69, 9.17) is 16.7 Å². The molecule has 0 radical (unpaired) electrons. The van der Waals surface area contributed by atoms with Crippen molar-refractivity contribution < 1.29 is 19.5 Å². The van der Waals surface area contributed by atoms with Crippen molar-refractivity contribution in [3.63, 3.8) is 0 Å². The number of halogens is 1. The maximum absolute atomic E-state index is 12.1. The van der Waals surface area contributed by atoms with Gasteiger partial charge in [-0.2, -0.15) is 0 Å². The number of carboxylic acids is 1. The van der Waals surface area contributed by atoms with E-state index in [1.165, 1.54) is 6.07 Å². The molecule has 6 nitrogen and oxygen atoms in total. The van der Waals surface area contributed by atoms with Gasteiger partial charge >= 0.3 is 5.97 Å². The first-order valence-corrected chi connectivity index (χ1v) is 7.10. The Morgan fingerprint density at radius 3 is 2.41 bits per heavy atom. The van der Waals surface area contributed by atoms with E-state index in [-0.39, 0.29) is 0 Å². The molecular formula is C15H15ClN2O4. The fourth-order valence-corrected chi connectivity index (χ4v) is 2.48. The first-order valence-electron chi connectivity index (χ1n) is 6.72. The summed E-state index contributed by atoms with van der Waals surface area (Å²) in [5.41, 5.74) is 4.84. The van der Waals surface area contributed by atoms with Crippen LogP contribution in [0, 0.1) is 11.8 Å². The molecule has 1 aromatic carbocycles. The minimum atomic E-state index is -1.02. The van der Waals surface area contributed by atoms with Gasteiger partial charge in [-0.25, -0.2) is 0 Å². The van der Waals surface area contributed by atoms with Gasteiger partial charge in [0, 0.05) is 10.6 Å². The summed E-state index contributed by atoms with van der Waals surface area (Å²) in [7, 11) is 0. The Bertz CT molecular complexity index is 630. The number of rotatable bonds is 3. The number of carbonyl (C=O) groups is 3. The lowest BCUT2D eigenvalue weighted by Gasteiger charge is -2.24. The quantitative estimate of drug-likeness (QED) is 0.584. The average Bonchev–Trinajstić information content (AvgIpc) is 2.52. The Balaban J connectivity index is 1.96. The zero-order valence-corrected chi connectivity index (χ0v) is 12.3. The minimum absolute atomic E-state index is 0.297. The van der Waals surface area contributed by atoms with E-state index in [9.17, 15) is 14.4 Å². The SMILES string of the molecule is O=C(NNC(=O)C1CC=CCC1C(=O)O)c1cccc(Cl)c1. The van der Waals surface area contributed by atoms with E-state index in [0.29, 0.717) is 23.4 Å². The fraction of sp³-hybridized carbons (Fsp3) is 0.267. The first-order chi connectivity index (χ1) is 10.5. The number of nitrogens with one attached hydrogen (secondary N) is 2. The van der Waals surface area contributed by atoms with Gasteiger partial charge in [0.25, 0.3) is 5.91 Å². The second-order valence-electron chi connectivity index (χ2n) is 4.95. The summed E-state index contributed by atoms with van der Waals surface area (Å²) < 4.78 is 0. The standard InChI is InChI=1S/C15H15ClN2O4/c16-10-5-3-4-9(8-10)13(19)17-18-14(20)11-6-1-2-7-12(11)15(21)22/h1-5,8,11-12H,6-7H2,(H,17,19)(H,18,20)(H,21,22). The molecule has 116 valence electrons. The normalized spacial score (nSPS) is 20.2. The van der Waals surface area contributed by atoms with Crippen molar-refractivity contribution in [1.29, 1.82) is 0 Å². The predicted molar refractivity (Wildman–Crippen MR) is 80.1 cm³/mol. The van der Waals surface area contributed by atoms with E-state index in [0.717, 1.165) is 0 Å². The molecule has 3 N–H and O–H groups in total. The van der Waals surface area contributed by atoms with Crippen molar-refractivity contribution in [3.8, 4) is 0 Å². The Morgan fingerprint density at radius 1 is 1.09 bits per heavy atom. The van der Waals surface area contributed by atoms with Gasteiger partial charge < -0.3 is 5.11 Å². The second kappa shape index (κ2) is 7.09. The summed E-state index contributed by atoms with van der Waals surface area (Å²) in [4.78, 5) is 35.1. The molecule has 22 heavy (non-hydrogen) atoms. The molecule has 1 aliphatic rings. The largest absolute Gasteiger partial charge is 0.481 e. The third-order valence-electron chi connectivity index (χ3n) is 3.47. The van der Waals surface area contributed by atoms with Crippen molar-refractivity contribution in [2.75, 3.05) is 0 Å². The van der Waals surface area contributed by atoms with Gasteiger partial charge in [-0.1, -0.05) is 29.8 Å². The lowest BCUT2D eigenvalue weighted by molar-refractivity contribution is -0.147. The lowest BCUT2D eigenvalue weighted by atomic mass is 9.82. The molecule has 1 aromatic rings. The number of hydrogen-bond donors (Lipinski definition) is 3. The zero-order chi connectivity index (χ0) is 16.1. The molecule has 7 heteroatoms. The van der Waals surface area contributed by atoms with E-state index < -0.39 is 29.6 Å². The van der Waals surface area contributed by atoms with Crippen LogP contribution in [0.1, 0.15) is 23.2 Å². The molecule has 0 fully saturated rings. The smallest absolute Gasteiger partial charge is 0.307 e. The maximum Gasteiger partial charge on any atom is 0.307 e. The molecule has 0 aromatic heterocycles. The Labute approximate surface area is 132 Å². The van der Waals surface area contributed by atoms with Crippen LogP contribution >= 0.6 is 11.6 Å². The van der Waals surface area contributed by atoms with Crippen LogP contribution in [0.25, 0.3) is 0 Å². The molecule has 2 rings (SSSR count). The van der Waals surface area contributed by atoms with Gasteiger partial charge in [-0.15, -0.1) is 0 Å². The highest BCUT2D eigenvalue weighted by molar-refractivity contribution is 6.30. The number of hydrazine groups is 1. The third kappa shape index (κ3) is 3.85. The highest BCUT2D eigenvalue weighted by Gasteiger charge is 2.34. The molecule has 1 aliphatic carbocycles. The summed E-state index contributed by atoms with van der Waals surface area (Å²) in [6.45, 7) is 0. The van der Waals surface area contributed by atoms with Crippen molar-refractivity contribution in [3.05, 3.63) is 47.0 Å². The topological polar surface area (TPSA) is 95.5 Å². The van der Waals surface area contributed by atoms with Crippen molar-refractivity contribution >= 4 is 29.4 Å². The van der Waals surface area contributed by atoms with E-state index in [1.54, 1.807) is 30.4 Å². The summed E-state index contributed by atoms with van der Waals surface area (Å²) in [5.74, 6) is -3.55. The molecule has 2 amide bonds. The molecule has 0 aliphatic heterocycles. The van der Waals surface area contributed by atoms with Crippen molar-refractivity contribution in [2.24, 2.45) is 11.8 Å². The van der Waals surface area contributed by atoms with Gasteiger partial charge in [0.1, 0.15) is 0 Å². The maximum atomic E-state index is 12.1. The molecule has 0 saturated carbocycles. The van der Waals surface area contributed by atoms with Gasteiger partial charge in [0.05, 0.1) is 11.8 Å². The second-order valence-corrected chi connectivity index (χ2v) is 5.38. The third-order valence-corrected chi connectivity index (χ3v) is 3.71. The molecule has 2 atom stereocenters. The first kappa shape index (κ1) is 16.0. The number of aliphatic carboxylic acids is 1. The van der Waals surface area contributed by atoms with Crippen LogP contribution in [0.15, 0.2) is 36.4 Å². The Hall–Kier alpha value is -2.34. The average molecular weight is 323 g/mol. The van der Waals surface area contributed by atoms with Gasteiger partial charge in [0.15, 0.2) is 0 Å². The number of hydrogen-bond acceptors (Lipinski definition) is 3. The molecule has 0 bridgehead atoms. The monoisotopic (exact) mass is 322 g/mol. The van der Waals surface area contributed by atoms with Gasteiger partial charge in [-0.3, -0.25) is 25.2 Å². The summed E-state index contributed by atoms with van der Waals surface area (Å²) >= 11 is 5.79. The zero-order valence-electron chi connectivity index (χ0n) is 11.6. The highest BCUT2D eigenvalue weighted by Crippen LogP contribution is 2.25. The van der Waals surface area contributed by atoms with Crippen LogP contribution in [0.2, 0.25) is 5.02 Å². The van der Waals surface area contributed by atoms with Crippen LogP contribution in [-0.2, 0) is 9.59 Å². The number of carbonyl (C=O) groups excluding carboxylic acids is 2. The molecule has 2 unspecified atom stereocenters. The number of benzene rings is 1. The lowest BCUT2D eigenvalue weighted by Crippen LogP contribution is -2.47. The van der Waals surface area contributed by atoms with Gasteiger partial charge in [-0.05, 0) is 31.0 Å². The van der Waals surface area contributed by atoms with E-state index >= 15 is 0 Å². The molecule has 0 saturated heterocycles.